The lowest BCUT2D eigenvalue weighted by Gasteiger charge is -2.29. The predicted molar refractivity (Wildman–Crippen MR) is 59.7 cm³/mol. The number of hydrogen-bond donors (Lipinski definition) is 0. The topological polar surface area (TPSA) is 21.1 Å². The van der Waals surface area contributed by atoms with E-state index in [1.807, 2.05) is 12.3 Å². The van der Waals surface area contributed by atoms with Crippen LogP contribution in [0, 0.1) is 0 Å². The van der Waals surface area contributed by atoms with Crippen LogP contribution in [0.1, 0.15) is 5.82 Å². The lowest BCUT2D eigenvalue weighted by Crippen LogP contribution is -2.33. The highest BCUT2D eigenvalue weighted by atomic mass is 15.2. The summed E-state index contributed by atoms with van der Waals surface area (Å²) in [7, 11) is 0. The molecule has 1 aromatic heterocycles. The zero-order valence-electron chi connectivity index (χ0n) is 8.50. The molecule has 0 N–H and O–H groups in total. The molecule has 0 saturated heterocycles. The number of benzene rings is 1. The maximum absolute atomic E-state index is 4.35. The molecule has 2 heterocycles. The molecule has 3 nitrogen and oxygen atoms in total. The van der Waals surface area contributed by atoms with Crippen molar-refractivity contribution in [2.45, 2.75) is 13.1 Å². The Morgan fingerprint density at radius 1 is 1.07 bits per heavy atom. The van der Waals surface area contributed by atoms with Crippen LogP contribution < -0.4 is 4.90 Å². The lowest BCUT2D eigenvalue weighted by atomic mass is 10.2. The molecule has 3 heteroatoms. The fourth-order valence-corrected chi connectivity index (χ4v) is 2.03. The van der Waals surface area contributed by atoms with Gasteiger partial charge in [0.15, 0.2) is 0 Å². The largest absolute Gasteiger partial charge is 0.362 e. The molecular formula is C12H13N3. The van der Waals surface area contributed by atoms with Gasteiger partial charge in [0.05, 0.1) is 6.54 Å². The van der Waals surface area contributed by atoms with Crippen LogP contribution in [0.2, 0.25) is 0 Å². The molecule has 1 aromatic carbocycles. The summed E-state index contributed by atoms with van der Waals surface area (Å²) in [5.74, 6) is 1.16. The molecule has 0 aliphatic carbocycles. The predicted octanol–water partition coefficient (Wildman–Crippen LogP) is 1.90. The minimum absolute atomic E-state index is 0.914. The summed E-state index contributed by atoms with van der Waals surface area (Å²) in [4.78, 5) is 6.72. The molecule has 0 atom stereocenters. The third kappa shape index (κ3) is 1.50. The number of anilines is 1. The number of imidazole rings is 1. The van der Waals surface area contributed by atoms with Gasteiger partial charge in [-0.1, -0.05) is 18.2 Å². The third-order valence-electron chi connectivity index (χ3n) is 2.87. The first kappa shape index (κ1) is 8.53. The average molecular weight is 199 g/mol. The van der Waals surface area contributed by atoms with E-state index >= 15 is 0 Å². The summed E-state index contributed by atoms with van der Waals surface area (Å²) in [6.45, 7) is 3.01. The highest BCUT2D eigenvalue weighted by molar-refractivity contribution is 5.46. The Balaban J connectivity index is 1.88. The SMILES string of the molecule is c1ccc(N2CCn3ccnc3C2)cc1. The van der Waals surface area contributed by atoms with Gasteiger partial charge in [-0.3, -0.25) is 0 Å². The van der Waals surface area contributed by atoms with Crippen LogP contribution in [0.3, 0.4) is 0 Å². The van der Waals surface area contributed by atoms with Gasteiger partial charge in [0.2, 0.25) is 0 Å². The molecule has 15 heavy (non-hydrogen) atoms. The highest BCUT2D eigenvalue weighted by Crippen LogP contribution is 2.19. The van der Waals surface area contributed by atoms with Crippen molar-refractivity contribution < 1.29 is 0 Å². The Labute approximate surface area is 89.0 Å². The molecule has 0 fully saturated rings. The molecule has 3 rings (SSSR count). The van der Waals surface area contributed by atoms with E-state index in [-0.39, 0.29) is 0 Å². The number of aromatic nitrogens is 2. The van der Waals surface area contributed by atoms with Gasteiger partial charge in [0.1, 0.15) is 5.82 Å². The van der Waals surface area contributed by atoms with Gasteiger partial charge in [0, 0.05) is 31.2 Å². The van der Waals surface area contributed by atoms with Crippen LogP contribution in [0.25, 0.3) is 0 Å². The van der Waals surface area contributed by atoms with E-state index in [4.69, 9.17) is 0 Å². The van der Waals surface area contributed by atoms with E-state index in [2.05, 4.69) is 44.9 Å². The van der Waals surface area contributed by atoms with Gasteiger partial charge in [-0.15, -0.1) is 0 Å². The van der Waals surface area contributed by atoms with Crippen molar-refractivity contribution in [3.05, 3.63) is 48.5 Å². The van der Waals surface area contributed by atoms with Crippen molar-refractivity contribution in [2.75, 3.05) is 11.4 Å². The third-order valence-corrected chi connectivity index (χ3v) is 2.87. The first-order valence-electron chi connectivity index (χ1n) is 5.23. The minimum atomic E-state index is 0.914. The first-order valence-corrected chi connectivity index (χ1v) is 5.23. The van der Waals surface area contributed by atoms with Gasteiger partial charge in [-0.05, 0) is 12.1 Å². The van der Waals surface area contributed by atoms with E-state index in [9.17, 15) is 0 Å². The maximum atomic E-state index is 4.35. The van der Waals surface area contributed by atoms with E-state index in [0.717, 1.165) is 25.5 Å². The molecule has 0 spiro atoms. The van der Waals surface area contributed by atoms with Gasteiger partial charge in [0.25, 0.3) is 0 Å². The summed E-state index contributed by atoms with van der Waals surface area (Å²) < 4.78 is 2.22. The standard InChI is InChI=1S/C12H13N3/c1-2-4-11(5-3-1)15-9-8-14-7-6-13-12(14)10-15/h1-7H,8-10H2. The summed E-state index contributed by atoms with van der Waals surface area (Å²) in [6, 6.07) is 10.5. The van der Waals surface area contributed by atoms with Crippen molar-refractivity contribution in [1.29, 1.82) is 0 Å². The van der Waals surface area contributed by atoms with Crippen molar-refractivity contribution in [1.82, 2.24) is 9.55 Å². The van der Waals surface area contributed by atoms with E-state index in [0.29, 0.717) is 0 Å². The highest BCUT2D eigenvalue weighted by Gasteiger charge is 2.15. The average Bonchev–Trinajstić information content (AvgIpc) is 2.77. The quantitative estimate of drug-likeness (QED) is 0.699. The van der Waals surface area contributed by atoms with E-state index in [1.165, 1.54) is 5.69 Å². The van der Waals surface area contributed by atoms with E-state index < -0.39 is 0 Å². The molecule has 0 amide bonds. The van der Waals surface area contributed by atoms with Crippen LogP contribution in [-0.4, -0.2) is 16.1 Å². The molecule has 0 bridgehead atoms. The Bertz CT molecular complexity index is 447. The number of nitrogens with zero attached hydrogens (tertiary/aromatic N) is 3. The van der Waals surface area contributed by atoms with Crippen molar-refractivity contribution >= 4 is 5.69 Å². The summed E-state index contributed by atoms with van der Waals surface area (Å²) in [5, 5.41) is 0. The van der Waals surface area contributed by atoms with E-state index in [1.54, 1.807) is 0 Å². The van der Waals surface area contributed by atoms with Crippen molar-refractivity contribution in [3.63, 3.8) is 0 Å². The van der Waals surface area contributed by atoms with Gasteiger partial charge >= 0.3 is 0 Å². The van der Waals surface area contributed by atoms with Gasteiger partial charge in [-0.25, -0.2) is 4.98 Å². The second kappa shape index (κ2) is 3.42. The van der Waals surface area contributed by atoms with Gasteiger partial charge in [-0.2, -0.15) is 0 Å². The van der Waals surface area contributed by atoms with Gasteiger partial charge < -0.3 is 9.47 Å². The molecule has 0 unspecified atom stereocenters. The van der Waals surface area contributed by atoms with Crippen LogP contribution in [-0.2, 0) is 13.1 Å². The second-order valence-corrected chi connectivity index (χ2v) is 3.79. The van der Waals surface area contributed by atoms with Crippen molar-refractivity contribution in [2.24, 2.45) is 0 Å². The monoisotopic (exact) mass is 199 g/mol. The van der Waals surface area contributed by atoms with Crippen LogP contribution in [0.4, 0.5) is 5.69 Å². The number of rotatable bonds is 1. The molecular weight excluding hydrogens is 186 g/mol. The molecule has 1 aliphatic heterocycles. The normalized spacial score (nSPS) is 15.1. The molecule has 1 aliphatic rings. The molecule has 0 radical (unpaired) electrons. The van der Waals surface area contributed by atoms with Crippen LogP contribution in [0.15, 0.2) is 42.7 Å². The number of fused-ring (bicyclic) bond motifs is 1. The Hall–Kier alpha value is -1.77. The number of para-hydroxylation sites is 1. The summed E-state index contributed by atoms with van der Waals surface area (Å²) in [5.41, 5.74) is 1.28. The molecule has 76 valence electrons. The minimum Gasteiger partial charge on any atom is -0.362 e. The Kier molecular flexibility index (Phi) is 1.95. The summed E-state index contributed by atoms with van der Waals surface area (Å²) >= 11 is 0. The maximum Gasteiger partial charge on any atom is 0.128 e. The van der Waals surface area contributed by atoms with Crippen LogP contribution in [0.5, 0.6) is 0 Å². The Morgan fingerprint density at radius 2 is 1.93 bits per heavy atom. The fraction of sp³-hybridized carbons (Fsp3) is 0.250. The first-order chi connectivity index (χ1) is 7.43. The van der Waals surface area contributed by atoms with Crippen molar-refractivity contribution in [3.8, 4) is 0 Å². The number of hydrogen-bond acceptors (Lipinski definition) is 2. The smallest absolute Gasteiger partial charge is 0.128 e. The zero-order chi connectivity index (χ0) is 10.1. The molecule has 2 aromatic rings. The lowest BCUT2D eigenvalue weighted by molar-refractivity contribution is 0.560. The zero-order valence-corrected chi connectivity index (χ0v) is 8.50. The Morgan fingerprint density at radius 3 is 2.80 bits per heavy atom. The summed E-state index contributed by atoms with van der Waals surface area (Å²) in [6.07, 6.45) is 3.93. The van der Waals surface area contributed by atoms with Crippen LogP contribution >= 0.6 is 0 Å². The second-order valence-electron chi connectivity index (χ2n) is 3.79. The molecule has 0 saturated carbocycles. The fourth-order valence-electron chi connectivity index (χ4n) is 2.03.